The van der Waals surface area contributed by atoms with Gasteiger partial charge in [0.05, 0.1) is 6.04 Å². The molecule has 1 amide bonds. The molecule has 0 radical (unpaired) electrons. The summed E-state index contributed by atoms with van der Waals surface area (Å²) in [5, 5.41) is 6.98. The molecule has 1 atom stereocenters. The van der Waals surface area contributed by atoms with Crippen molar-refractivity contribution in [2.24, 2.45) is 0 Å². The van der Waals surface area contributed by atoms with E-state index >= 15 is 0 Å². The monoisotopic (exact) mass is 277 g/mol. The highest BCUT2D eigenvalue weighted by Crippen LogP contribution is 2.13. The van der Waals surface area contributed by atoms with Crippen molar-refractivity contribution >= 4 is 17.2 Å². The van der Waals surface area contributed by atoms with Gasteiger partial charge in [0.2, 0.25) is 5.91 Å². The first-order valence-electron chi connectivity index (χ1n) is 6.21. The number of nitrogens with one attached hydrogen (secondary N) is 1. The Morgan fingerprint density at radius 3 is 2.68 bits per heavy atom. The average molecular weight is 277 g/mol. The number of rotatable bonds is 5. The molecule has 19 heavy (non-hydrogen) atoms. The van der Waals surface area contributed by atoms with Gasteiger partial charge in [-0.2, -0.15) is 11.3 Å². The van der Waals surface area contributed by atoms with Crippen molar-refractivity contribution in [2.45, 2.75) is 25.8 Å². The van der Waals surface area contributed by atoms with Gasteiger partial charge in [0.25, 0.3) is 0 Å². The van der Waals surface area contributed by atoms with Gasteiger partial charge in [0, 0.05) is 6.42 Å². The van der Waals surface area contributed by atoms with E-state index < -0.39 is 0 Å². The van der Waals surface area contributed by atoms with Gasteiger partial charge in [-0.05, 0) is 53.4 Å². The summed E-state index contributed by atoms with van der Waals surface area (Å²) in [4.78, 5) is 11.8. The van der Waals surface area contributed by atoms with E-state index in [0.717, 1.165) is 12.0 Å². The minimum atomic E-state index is -0.264. The molecule has 0 bridgehead atoms. The third kappa shape index (κ3) is 4.17. The van der Waals surface area contributed by atoms with Crippen molar-refractivity contribution < 1.29 is 9.18 Å². The van der Waals surface area contributed by atoms with E-state index in [1.165, 1.54) is 17.7 Å². The lowest BCUT2D eigenvalue weighted by atomic mass is 10.1. The van der Waals surface area contributed by atoms with Crippen LogP contribution in [0.15, 0.2) is 41.1 Å². The van der Waals surface area contributed by atoms with Gasteiger partial charge in [-0.3, -0.25) is 4.79 Å². The van der Waals surface area contributed by atoms with E-state index in [1.807, 2.05) is 18.4 Å². The minimum Gasteiger partial charge on any atom is -0.350 e. The molecule has 100 valence electrons. The molecule has 0 saturated heterocycles. The molecule has 0 aliphatic carbocycles. The summed E-state index contributed by atoms with van der Waals surface area (Å²) in [7, 11) is 0. The molecule has 2 aromatic rings. The van der Waals surface area contributed by atoms with Crippen molar-refractivity contribution in [1.82, 2.24) is 5.32 Å². The first kappa shape index (κ1) is 13.7. The van der Waals surface area contributed by atoms with E-state index in [4.69, 9.17) is 0 Å². The first-order chi connectivity index (χ1) is 9.15. The summed E-state index contributed by atoms with van der Waals surface area (Å²) in [6.07, 6.45) is 1.23. The highest BCUT2D eigenvalue weighted by Gasteiger charge is 2.09. The van der Waals surface area contributed by atoms with E-state index in [9.17, 15) is 9.18 Å². The molecule has 0 aliphatic heterocycles. The Kier molecular flexibility index (Phi) is 4.68. The second-order valence-electron chi connectivity index (χ2n) is 4.47. The van der Waals surface area contributed by atoms with Crippen molar-refractivity contribution in [1.29, 1.82) is 0 Å². The molecular weight excluding hydrogens is 261 g/mol. The van der Waals surface area contributed by atoms with Crippen molar-refractivity contribution in [3.63, 3.8) is 0 Å². The van der Waals surface area contributed by atoms with E-state index in [0.29, 0.717) is 6.42 Å². The third-order valence-electron chi connectivity index (χ3n) is 2.97. The highest BCUT2D eigenvalue weighted by molar-refractivity contribution is 7.07. The fraction of sp³-hybridized carbons (Fsp3) is 0.267. The second kappa shape index (κ2) is 6.48. The van der Waals surface area contributed by atoms with Crippen LogP contribution < -0.4 is 5.32 Å². The van der Waals surface area contributed by atoms with Crippen LogP contribution in [0.2, 0.25) is 0 Å². The highest BCUT2D eigenvalue weighted by atomic mass is 32.1. The molecule has 2 nitrogen and oxygen atoms in total. The Bertz CT molecular complexity index is 522. The normalized spacial score (nSPS) is 12.1. The Hall–Kier alpha value is -1.68. The first-order valence-corrected chi connectivity index (χ1v) is 7.15. The Morgan fingerprint density at radius 2 is 2.05 bits per heavy atom. The number of hydrogen-bond acceptors (Lipinski definition) is 2. The summed E-state index contributed by atoms with van der Waals surface area (Å²) < 4.78 is 12.8. The maximum atomic E-state index is 12.8. The molecule has 0 saturated carbocycles. The molecule has 1 aromatic carbocycles. The fourth-order valence-electron chi connectivity index (χ4n) is 1.84. The van der Waals surface area contributed by atoms with E-state index in [1.54, 1.807) is 23.5 Å². The zero-order valence-electron chi connectivity index (χ0n) is 10.7. The summed E-state index contributed by atoms with van der Waals surface area (Å²) >= 11 is 1.64. The van der Waals surface area contributed by atoms with Gasteiger partial charge < -0.3 is 5.32 Å². The summed E-state index contributed by atoms with van der Waals surface area (Å²) in [6, 6.07) is 8.13. The predicted octanol–water partition coefficient (Wildman–Crippen LogP) is 3.70. The number of carbonyl (C=O) groups is 1. The maximum Gasteiger partial charge on any atom is 0.220 e. The summed E-state index contributed by atoms with van der Waals surface area (Å²) in [5.41, 5.74) is 2.10. The van der Waals surface area contributed by atoms with Crippen LogP contribution in [0.5, 0.6) is 0 Å². The second-order valence-corrected chi connectivity index (χ2v) is 5.25. The number of hydrogen-bond donors (Lipinski definition) is 1. The van der Waals surface area contributed by atoms with Gasteiger partial charge in [-0.15, -0.1) is 0 Å². The van der Waals surface area contributed by atoms with Gasteiger partial charge in [0.1, 0.15) is 5.82 Å². The van der Waals surface area contributed by atoms with Crippen molar-refractivity contribution in [3.05, 3.63) is 58.0 Å². The van der Waals surface area contributed by atoms with Gasteiger partial charge >= 0.3 is 0 Å². The Balaban J connectivity index is 1.83. The molecule has 1 aromatic heterocycles. The Morgan fingerprint density at radius 1 is 1.32 bits per heavy atom. The van der Waals surface area contributed by atoms with Crippen LogP contribution in [0, 0.1) is 5.82 Å². The zero-order valence-corrected chi connectivity index (χ0v) is 11.5. The molecule has 4 heteroatoms. The smallest absolute Gasteiger partial charge is 0.220 e. The zero-order chi connectivity index (χ0) is 13.7. The lowest BCUT2D eigenvalue weighted by Crippen LogP contribution is -2.26. The molecule has 0 spiro atoms. The van der Waals surface area contributed by atoms with Crippen molar-refractivity contribution in [2.75, 3.05) is 0 Å². The number of amides is 1. The van der Waals surface area contributed by atoms with Crippen LogP contribution in [-0.4, -0.2) is 5.91 Å². The lowest BCUT2D eigenvalue weighted by molar-refractivity contribution is -0.121. The maximum absolute atomic E-state index is 12.8. The van der Waals surface area contributed by atoms with E-state index in [-0.39, 0.29) is 17.8 Å². The SMILES string of the molecule is CC(NC(=O)CCc1ccsc1)c1ccc(F)cc1. The largest absolute Gasteiger partial charge is 0.350 e. The summed E-state index contributed by atoms with van der Waals surface area (Å²) in [5.74, 6) is -0.247. The number of aryl methyl sites for hydroxylation is 1. The van der Waals surface area contributed by atoms with Crippen LogP contribution in [0.1, 0.15) is 30.5 Å². The molecule has 1 N–H and O–H groups in total. The summed E-state index contributed by atoms with van der Waals surface area (Å²) in [6.45, 7) is 1.90. The predicted molar refractivity (Wildman–Crippen MR) is 75.6 cm³/mol. The molecule has 2 rings (SSSR count). The van der Waals surface area contributed by atoms with Crippen LogP contribution in [-0.2, 0) is 11.2 Å². The van der Waals surface area contributed by atoms with Crippen LogP contribution in [0.3, 0.4) is 0 Å². The lowest BCUT2D eigenvalue weighted by Gasteiger charge is -2.14. The van der Waals surface area contributed by atoms with Crippen LogP contribution in [0.25, 0.3) is 0 Å². The minimum absolute atomic E-state index is 0.0167. The quantitative estimate of drug-likeness (QED) is 0.887. The number of carbonyl (C=O) groups excluding carboxylic acids is 1. The van der Waals surface area contributed by atoms with Crippen LogP contribution >= 0.6 is 11.3 Å². The van der Waals surface area contributed by atoms with Gasteiger partial charge in [-0.25, -0.2) is 4.39 Å². The van der Waals surface area contributed by atoms with Gasteiger partial charge in [-0.1, -0.05) is 12.1 Å². The third-order valence-corrected chi connectivity index (χ3v) is 3.70. The molecular formula is C15H16FNOS. The number of thiophene rings is 1. The standard InChI is InChI=1S/C15H16FNOS/c1-11(13-3-5-14(16)6-4-13)17-15(18)7-2-12-8-9-19-10-12/h3-6,8-11H,2,7H2,1H3,(H,17,18). The molecule has 1 unspecified atom stereocenters. The number of halogens is 1. The van der Waals surface area contributed by atoms with E-state index in [2.05, 4.69) is 10.7 Å². The molecule has 0 aliphatic rings. The topological polar surface area (TPSA) is 29.1 Å². The van der Waals surface area contributed by atoms with Crippen molar-refractivity contribution in [3.8, 4) is 0 Å². The average Bonchev–Trinajstić information content (AvgIpc) is 2.90. The Labute approximate surface area is 116 Å². The number of benzene rings is 1. The van der Waals surface area contributed by atoms with Crippen LogP contribution in [0.4, 0.5) is 4.39 Å². The molecule has 0 fully saturated rings. The fourth-order valence-corrected chi connectivity index (χ4v) is 2.54. The van der Waals surface area contributed by atoms with Gasteiger partial charge in [0.15, 0.2) is 0 Å². The molecule has 1 heterocycles.